The molecular formula is C25H30N4O4. The third kappa shape index (κ3) is 3.82. The molecule has 3 aromatic rings. The number of nitrogens with zero attached hydrogens (tertiary/aromatic N) is 4. The van der Waals surface area contributed by atoms with E-state index in [2.05, 4.69) is 4.57 Å². The lowest BCUT2D eigenvalue weighted by molar-refractivity contribution is 0.111. The summed E-state index contributed by atoms with van der Waals surface area (Å²) in [5.74, 6) is 0.830. The van der Waals surface area contributed by atoms with Crippen LogP contribution in [0.4, 0.5) is 10.5 Å². The average molecular weight is 451 g/mol. The van der Waals surface area contributed by atoms with Gasteiger partial charge in [-0.15, -0.1) is 0 Å². The maximum absolute atomic E-state index is 12.5. The summed E-state index contributed by atoms with van der Waals surface area (Å²) in [6, 6.07) is 9.45. The maximum Gasteiger partial charge on any atom is 0.414 e. The number of imidazole rings is 1. The fraction of sp³-hybridized carbons (Fsp3) is 0.480. The predicted molar refractivity (Wildman–Crippen MR) is 126 cm³/mol. The monoisotopic (exact) mass is 450 g/mol. The van der Waals surface area contributed by atoms with E-state index in [1.54, 1.807) is 27.8 Å². The van der Waals surface area contributed by atoms with Gasteiger partial charge in [-0.2, -0.15) is 0 Å². The van der Waals surface area contributed by atoms with Gasteiger partial charge in [0.25, 0.3) is 5.56 Å². The Bertz CT molecular complexity index is 1240. The number of fused-ring (bicyclic) bond motifs is 3. The number of anilines is 1. The minimum Gasteiger partial charge on any atom is -0.452 e. The quantitative estimate of drug-likeness (QED) is 0.658. The van der Waals surface area contributed by atoms with Crippen LogP contribution in [0.15, 0.2) is 41.3 Å². The topological polar surface area (TPSA) is 89.6 Å². The molecule has 0 radical (unpaired) electrons. The highest BCUT2D eigenvalue weighted by molar-refractivity contribution is 5.95. The van der Waals surface area contributed by atoms with Crippen molar-refractivity contribution in [3.8, 4) is 0 Å². The normalized spacial score (nSPS) is 22.9. The van der Waals surface area contributed by atoms with Crippen molar-refractivity contribution in [3.05, 3.63) is 58.3 Å². The number of aliphatic hydroxyl groups is 1. The van der Waals surface area contributed by atoms with E-state index in [1.165, 1.54) is 7.11 Å². The van der Waals surface area contributed by atoms with Gasteiger partial charge in [-0.1, -0.05) is 6.07 Å². The lowest BCUT2D eigenvalue weighted by Crippen LogP contribution is -2.42. The number of amides is 1. The number of carbonyl (C=O) groups is 1. The van der Waals surface area contributed by atoms with Crippen molar-refractivity contribution in [1.29, 1.82) is 0 Å². The zero-order valence-corrected chi connectivity index (χ0v) is 19.1. The van der Waals surface area contributed by atoms with Crippen molar-refractivity contribution in [2.75, 3.05) is 12.0 Å². The molecule has 1 saturated carbocycles. The van der Waals surface area contributed by atoms with Crippen molar-refractivity contribution in [2.24, 2.45) is 0 Å². The number of rotatable bonds is 3. The molecule has 1 amide bonds. The molecule has 33 heavy (non-hydrogen) atoms. The van der Waals surface area contributed by atoms with Crippen LogP contribution in [-0.4, -0.2) is 44.6 Å². The fourth-order valence-corrected chi connectivity index (χ4v) is 5.40. The van der Waals surface area contributed by atoms with Crippen LogP contribution in [0, 0.1) is 0 Å². The van der Waals surface area contributed by atoms with E-state index < -0.39 is 0 Å². The molecule has 5 rings (SSSR count). The van der Waals surface area contributed by atoms with Gasteiger partial charge in [0, 0.05) is 29.9 Å². The van der Waals surface area contributed by atoms with Gasteiger partial charge >= 0.3 is 6.09 Å². The Kier molecular flexibility index (Phi) is 5.70. The third-order valence-electron chi connectivity index (χ3n) is 7.14. The summed E-state index contributed by atoms with van der Waals surface area (Å²) in [4.78, 5) is 31.7. The van der Waals surface area contributed by atoms with E-state index in [4.69, 9.17) is 9.72 Å². The second-order valence-electron chi connectivity index (χ2n) is 9.19. The molecule has 1 N–H and O–H groups in total. The summed E-state index contributed by atoms with van der Waals surface area (Å²) in [7, 11) is 1.41. The first-order valence-corrected chi connectivity index (χ1v) is 11.7. The molecule has 1 aromatic carbocycles. The molecule has 2 aromatic heterocycles. The van der Waals surface area contributed by atoms with Crippen LogP contribution in [0.1, 0.15) is 56.5 Å². The second kappa shape index (κ2) is 8.67. The second-order valence-corrected chi connectivity index (χ2v) is 9.19. The molecule has 1 aliphatic carbocycles. The Hall–Kier alpha value is -3.13. The number of carbonyl (C=O) groups excluding carboxylic acids is 1. The van der Waals surface area contributed by atoms with Crippen LogP contribution in [0.25, 0.3) is 11.0 Å². The Morgan fingerprint density at radius 3 is 2.67 bits per heavy atom. The molecule has 0 bridgehead atoms. The molecule has 3 heterocycles. The molecule has 0 saturated heterocycles. The Balaban J connectivity index is 1.66. The maximum atomic E-state index is 12.5. The van der Waals surface area contributed by atoms with E-state index in [0.29, 0.717) is 6.54 Å². The smallest absolute Gasteiger partial charge is 0.414 e. The zero-order chi connectivity index (χ0) is 23.1. The fourth-order valence-electron chi connectivity index (χ4n) is 5.40. The number of aryl methyl sites for hydroxylation is 1. The molecule has 174 valence electrons. The zero-order valence-electron chi connectivity index (χ0n) is 19.1. The first-order valence-electron chi connectivity index (χ1n) is 11.7. The van der Waals surface area contributed by atoms with Crippen LogP contribution >= 0.6 is 0 Å². The number of methoxy groups -OCH3 is 1. The van der Waals surface area contributed by atoms with Crippen molar-refractivity contribution in [2.45, 2.75) is 70.2 Å². The molecule has 8 nitrogen and oxygen atoms in total. The number of hydrogen-bond acceptors (Lipinski definition) is 5. The van der Waals surface area contributed by atoms with Crippen LogP contribution in [-0.2, 0) is 17.7 Å². The standard InChI is InChI=1S/C25H30N4O4/c1-16-6-11-19-20(28(16)25(32)33-2)12-13-21-24(19)26-22(15-27-14-4-3-5-23(27)31)29(21)17-7-9-18(30)10-8-17/h3-5,12-14,16-18,30H,6-11,15H2,1-2H3/t16-,17-,18-/m0/s1. The number of ether oxygens (including phenoxy) is 1. The molecule has 0 spiro atoms. The van der Waals surface area contributed by atoms with Crippen molar-refractivity contribution in [1.82, 2.24) is 14.1 Å². The molecule has 8 heteroatoms. The summed E-state index contributed by atoms with van der Waals surface area (Å²) in [6.45, 7) is 2.41. The van der Waals surface area contributed by atoms with Gasteiger partial charge in [0.05, 0.1) is 36.5 Å². The highest BCUT2D eigenvalue weighted by Crippen LogP contribution is 2.39. The molecular weight excluding hydrogens is 420 g/mol. The predicted octanol–water partition coefficient (Wildman–Crippen LogP) is 3.63. The van der Waals surface area contributed by atoms with Gasteiger partial charge in [0.2, 0.25) is 0 Å². The molecule has 0 unspecified atom stereocenters. The van der Waals surface area contributed by atoms with Crippen molar-refractivity contribution in [3.63, 3.8) is 0 Å². The summed E-state index contributed by atoms with van der Waals surface area (Å²) in [6.07, 6.45) is 6.08. The third-order valence-corrected chi connectivity index (χ3v) is 7.14. The summed E-state index contributed by atoms with van der Waals surface area (Å²) < 4.78 is 8.99. The van der Waals surface area contributed by atoms with E-state index in [-0.39, 0.29) is 29.8 Å². The van der Waals surface area contributed by atoms with Gasteiger partial charge < -0.3 is 19.0 Å². The molecule has 1 fully saturated rings. The Labute approximate surface area is 192 Å². The molecule has 1 aliphatic heterocycles. The lowest BCUT2D eigenvalue weighted by Gasteiger charge is -2.34. The van der Waals surface area contributed by atoms with Gasteiger partial charge in [-0.25, -0.2) is 9.78 Å². The van der Waals surface area contributed by atoms with Crippen LogP contribution in [0.3, 0.4) is 0 Å². The molecule has 1 atom stereocenters. The Morgan fingerprint density at radius 2 is 1.94 bits per heavy atom. The SMILES string of the molecule is COC(=O)N1c2ccc3c(nc(Cn4ccccc4=O)n3[C@H]3CC[C@H](O)CC3)c2CC[C@@H]1C. The van der Waals surface area contributed by atoms with E-state index in [1.807, 2.05) is 25.1 Å². The number of hydrogen-bond donors (Lipinski definition) is 1. The highest BCUT2D eigenvalue weighted by atomic mass is 16.5. The van der Waals surface area contributed by atoms with E-state index in [9.17, 15) is 14.7 Å². The largest absolute Gasteiger partial charge is 0.452 e. The van der Waals surface area contributed by atoms with E-state index in [0.717, 1.165) is 66.6 Å². The van der Waals surface area contributed by atoms with Gasteiger partial charge in [-0.05, 0) is 63.6 Å². The van der Waals surface area contributed by atoms with E-state index >= 15 is 0 Å². The van der Waals surface area contributed by atoms with Gasteiger partial charge in [0.15, 0.2) is 0 Å². The number of pyridine rings is 1. The van der Waals surface area contributed by atoms with Gasteiger partial charge in [-0.3, -0.25) is 9.69 Å². The van der Waals surface area contributed by atoms with Crippen LogP contribution in [0.5, 0.6) is 0 Å². The average Bonchev–Trinajstić information content (AvgIpc) is 3.18. The highest BCUT2D eigenvalue weighted by Gasteiger charge is 2.32. The minimum absolute atomic E-state index is 0.0479. The van der Waals surface area contributed by atoms with Crippen LogP contribution in [0.2, 0.25) is 0 Å². The summed E-state index contributed by atoms with van der Waals surface area (Å²) in [5, 5.41) is 10.0. The lowest BCUT2D eigenvalue weighted by atomic mass is 9.92. The number of aliphatic hydroxyl groups excluding tert-OH is 1. The Morgan fingerprint density at radius 1 is 1.15 bits per heavy atom. The minimum atomic E-state index is -0.362. The molecule has 2 aliphatic rings. The summed E-state index contributed by atoms with van der Waals surface area (Å²) >= 11 is 0. The number of aromatic nitrogens is 3. The first-order chi connectivity index (χ1) is 16.0. The number of benzene rings is 1. The van der Waals surface area contributed by atoms with Crippen LogP contribution < -0.4 is 10.5 Å². The van der Waals surface area contributed by atoms with Gasteiger partial charge in [0.1, 0.15) is 5.82 Å². The van der Waals surface area contributed by atoms with Crippen molar-refractivity contribution >= 4 is 22.8 Å². The summed E-state index contributed by atoms with van der Waals surface area (Å²) in [5.41, 5.74) is 3.74. The first kappa shape index (κ1) is 21.7. The van der Waals surface area contributed by atoms with Crippen molar-refractivity contribution < 1.29 is 14.6 Å².